The van der Waals surface area contributed by atoms with Gasteiger partial charge in [-0.1, -0.05) is 13.8 Å². The number of nitrogens with zero attached hydrogens (tertiary/aromatic N) is 2. The molecular formula is C19H26N4O2. The molecule has 2 rings (SSSR count). The average molecular weight is 342 g/mol. The highest BCUT2D eigenvalue weighted by atomic mass is 16.5. The summed E-state index contributed by atoms with van der Waals surface area (Å²) >= 11 is 0. The molecule has 1 heterocycles. The number of rotatable bonds is 7. The van der Waals surface area contributed by atoms with Gasteiger partial charge in [-0.05, 0) is 51.0 Å². The number of nitrogens with one attached hydrogen (secondary N) is 2. The number of aryl methyl sites for hydroxylation is 1. The van der Waals surface area contributed by atoms with E-state index in [2.05, 4.69) is 20.6 Å². The maximum atomic E-state index is 11.8. The summed E-state index contributed by atoms with van der Waals surface area (Å²) in [5, 5.41) is 6.12. The van der Waals surface area contributed by atoms with Crippen molar-refractivity contribution >= 4 is 23.1 Å². The lowest BCUT2D eigenvalue weighted by Gasteiger charge is -2.12. The van der Waals surface area contributed by atoms with E-state index >= 15 is 0 Å². The Hall–Kier alpha value is -2.63. The molecule has 0 unspecified atom stereocenters. The molecule has 1 aromatic heterocycles. The number of benzene rings is 1. The Kier molecular flexibility index (Phi) is 6.33. The molecule has 1 amide bonds. The standard InChI is InChI=1S/C19H26N4O2/c1-12(2)10-18(24)23-16-8-6-15(7-9-16)22-17-11-19(25-13(3)4)21-14(5)20-17/h6-9,11-13H,10H2,1-5H3,(H,23,24)(H,20,21,22). The summed E-state index contributed by atoms with van der Waals surface area (Å²) in [5.74, 6) is 2.21. The minimum Gasteiger partial charge on any atom is -0.475 e. The third kappa shape index (κ3) is 6.41. The molecule has 0 aliphatic heterocycles. The summed E-state index contributed by atoms with van der Waals surface area (Å²) in [5.41, 5.74) is 1.65. The Morgan fingerprint density at radius 2 is 1.72 bits per heavy atom. The fourth-order valence-electron chi connectivity index (χ4n) is 2.27. The quantitative estimate of drug-likeness (QED) is 0.784. The van der Waals surface area contributed by atoms with Gasteiger partial charge < -0.3 is 15.4 Å². The van der Waals surface area contributed by atoms with E-state index in [1.54, 1.807) is 6.07 Å². The van der Waals surface area contributed by atoms with Crippen molar-refractivity contribution in [3.63, 3.8) is 0 Å². The second kappa shape index (κ2) is 8.46. The van der Waals surface area contributed by atoms with Crippen LogP contribution in [0, 0.1) is 12.8 Å². The Morgan fingerprint density at radius 3 is 2.32 bits per heavy atom. The summed E-state index contributed by atoms with van der Waals surface area (Å²) in [6, 6.07) is 9.28. The van der Waals surface area contributed by atoms with Crippen LogP contribution in [0.15, 0.2) is 30.3 Å². The smallest absolute Gasteiger partial charge is 0.224 e. The number of carbonyl (C=O) groups is 1. The molecular weight excluding hydrogens is 316 g/mol. The highest BCUT2D eigenvalue weighted by Gasteiger charge is 2.07. The summed E-state index contributed by atoms with van der Waals surface area (Å²) in [7, 11) is 0. The van der Waals surface area contributed by atoms with Crippen molar-refractivity contribution in [1.29, 1.82) is 0 Å². The third-order valence-corrected chi connectivity index (χ3v) is 3.21. The van der Waals surface area contributed by atoms with Gasteiger partial charge in [-0.15, -0.1) is 0 Å². The molecule has 0 atom stereocenters. The normalized spacial score (nSPS) is 10.8. The number of aromatic nitrogens is 2. The Balaban J connectivity index is 2.03. The zero-order valence-electron chi connectivity index (χ0n) is 15.5. The van der Waals surface area contributed by atoms with Crippen LogP contribution in [0.1, 0.15) is 39.9 Å². The second-order valence-corrected chi connectivity index (χ2v) is 6.65. The first-order valence-corrected chi connectivity index (χ1v) is 8.51. The predicted molar refractivity (Wildman–Crippen MR) is 100 cm³/mol. The summed E-state index contributed by atoms with van der Waals surface area (Å²) in [6.07, 6.45) is 0.564. The fourth-order valence-corrected chi connectivity index (χ4v) is 2.27. The highest BCUT2D eigenvalue weighted by molar-refractivity contribution is 5.91. The summed E-state index contributed by atoms with van der Waals surface area (Å²) in [6.45, 7) is 9.78. The minimum absolute atomic E-state index is 0.0256. The van der Waals surface area contributed by atoms with Gasteiger partial charge in [0.15, 0.2) is 0 Å². The van der Waals surface area contributed by atoms with Gasteiger partial charge in [0.2, 0.25) is 11.8 Å². The first kappa shape index (κ1) is 18.7. The van der Waals surface area contributed by atoms with Crippen LogP contribution >= 0.6 is 0 Å². The number of amides is 1. The van der Waals surface area contributed by atoms with Crippen molar-refractivity contribution in [3.8, 4) is 5.88 Å². The molecule has 0 spiro atoms. The number of carbonyl (C=O) groups excluding carboxylic acids is 1. The summed E-state index contributed by atoms with van der Waals surface area (Å²) in [4.78, 5) is 20.4. The SMILES string of the molecule is Cc1nc(Nc2ccc(NC(=O)CC(C)C)cc2)cc(OC(C)C)n1. The van der Waals surface area contributed by atoms with Gasteiger partial charge in [0.1, 0.15) is 11.6 Å². The molecule has 0 saturated heterocycles. The van der Waals surface area contributed by atoms with Gasteiger partial charge in [-0.2, -0.15) is 4.98 Å². The first-order valence-electron chi connectivity index (χ1n) is 8.51. The van der Waals surface area contributed by atoms with Crippen molar-refractivity contribution in [3.05, 3.63) is 36.2 Å². The van der Waals surface area contributed by atoms with E-state index < -0.39 is 0 Å². The van der Waals surface area contributed by atoms with Crippen LogP contribution in [0.2, 0.25) is 0 Å². The molecule has 6 nitrogen and oxygen atoms in total. The van der Waals surface area contributed by atoms with Crippen molar-refractivity contribution in [2.24, 2.45) is 5.92 Å². The number of hydrogen-bond donors (Lipinski definition) is 2. The molecule has 0 aliphatic carbocycles. The van der Waals surface area contributed by atoms with E-state index in [9.17, 15) is 4.79 Å². The van der Waals surface area contributed by atoms with Crippen molar-refractivity contribution in [2.75, 3.05) is 10.6 Å². The van der Waals surface area contributed by atoms with Crippen LogP contribution in [-0.4, -0.2) is 22.0 Å². The predicted octanol–water partition coefficient (Wildman–Crippen LogP) is 4.30. The number of anilines is 3. The molecule has 25 heavy (non-hydrogen) atoms. The van der Waals surface area contributed by atoms with Crippen molar-refractivity contribution in [1.82, 2.24) is 9.97 Å². The van der Waals surface area contributed by atoms with Crippen LogP contribution < -0.4 is 15.4 Å². The maximum absolute atomic E-state index is 11.8. The lowest BCUT2D eigenvalue weighted by Crippen LogP contribution is -2.13. The van der Waals surface area contributed by atoms with Crippen molar-refractivity contribution < 1.29 is 9.53 Å². The van der Waals surface area contributed by atoms with Gasteiger partial charge in [-0.3, -0.25) is 4.79 Å². The lowest BCUT2D eigenvalue weighted by molar-refractivity contribution is -0.116. The molecule has 0 saturated carbocycles. The van der Waals surface area contributed by atoms with Gasteiger partial charge in [0.25, 0.3) is 0 Å². The van der Waals surface area contributed by atoms with Crippen LogP contribution in [-0.2, 0) is 4.79 Å². The van der Waals surface area contributed by atoms with Crippen molar-refractivity contribution in [2.45, 2.75) is 47.1 Å². The molecule has 134 valence electrons. The molecule has 1 aromatic carbocycles. The molecule has 0 fully saturated rings. The highest BCUT2D eigenvalue weighted by Crippen LogP contribution is 2.21. The summed E-state index contributed by atoms with van der Waals surface area (Å²) < 4.78 is 5.63. The topological polar surface area (TPSA) is 76.1 Å². The van der Waals surface area contributed by atoms with E-state index in [1.165, 1.54) is 0 Å². The van der Waals surface area contributed by atoms with Gasteiger partial charge in [-0.25, -0.2) is 4.98 Å². The molecule has 2 aromatic rings. The maximum Gasteiger partial charge on any atom is 0.224 e. The molecule has 0 bridgehead atoms. The van der Waals surface area contributed by atoms with Gasteiger partial charge in [0, 0.05) is 23.9 Å². The molecule has 6 heteroatoms. The lowest BCUT2D eigenvalue weighted by atomic mass is 10.1. The van der Waals surface area contributed by atoms with Crippen LogP contribution in [0.3, 0.4) is 0 Å². The largest absolute Gasteiger partial charge is 0.475 e. The minimum atomic E-state index is 0.0256. The van der Waals surface area contributed by atoms with Gasteiger partial charge >= 0.3 is 0 Å². The van der Waals surface area contributed by atoms with E-state index in [4.69, 9.17) is 4.74 Å². The van der Waals surface area contributed by atoms with E-state index in [0.29, 0.717) is 29.9 Å². The monoisotopic (exact) mass is 342 g/mol. The van der Waals surface area contributed by atoms with Crippen LogP contribution in [0.5, 0.6) is 5.88 Å². The first-order chi connectivity index (χ1) is 11.8. The Bertz CT molecular complexity index is 712. The zero-order valence-corrected chi connectivity index (χ0v) is 15.5. The number of ether oxygens (including phenoxy) is 1. The molecule has 0 aliphatic rings. The molecule has 0 radical (unpaired) electrons. The van der Waals surface area contributed by atoms with Crippen LogP contribution in [0.4, 0.5) is 17.2 Å². The van der Waals surface area contributed by atoms with E-state index in [0.717, 1.165) is 11.4 Å². The Morgan fingerprint density at radius 1 is 1.08 bits per heavy atom. The third-order valence-electron chi connectivity index (χ3n) is 3.21. The average Bonchev–Trinajstić information content (AvgIpc) is 2.47. The number of hydrogen-bond acceptors (Lipinski definition) is 5. The van der Waals surface area contributed by atoms with E-state index in [-0.39, 0.29) is 12.0 Å². The zero-order chi connectivity index (χ0) is 18.4. The molecule has 2 N–H and O–H groups in total. The van der Waals surface area contributed by atoms with Gasteiger partial charge in [0.05, 0.1) is 6.10 Å². The fraction of sp³-hybridized carbons (Fsp3) is 0.421. The van der Waals surface area contributed by atoms with Crippen LogP contribution in [0.25, 0.3) is 0 Å². The van der Waals surface area contributed by atoms with E-state index in [1.807, 2.05) is 58.9 Å². The second-order valence-electron chi connectivity index (χ2n) is 6.65. The Labute approximate surface area is 149 Å².